The monoisotopic (exact) mass is 995 g/mol. The van der Waals surface area contributed by atoms with Crippen LogP contribution in [0.1, 0.15) is 148 Å². The largest absolute Gasteiger partial charge is 0.494 e. The summed E-state index contributed by atoms with van der Waals surface area (Å²) in [6.45, 7) is 10.7. The first kappa shape index (κ1) is 53.2. The standard InChI is InChI=1S/C29H33N3O3.C23H25N3O.C6H9ClO2.CH4/c1-3-31(29(33)35-23-10-5-6-11-23)21-14-12-20(13-15-21)28-26(19-30)25-17-16-24(34-4-2)18-27(25)32(28)22-8-7-9-22;1-3-25-17-10-8-16(9-11-17)23-21(15-24)20-13-12-19(27-4-2)14-22(20)26(23)18-6-5-7-18;7-6(8)9-5-3-1-2-4-5;/h12-18,22-23H,3-11H2,1-2H3;8-14,18,25H,3-7H2,1-2H3;5H,1-4H2;1H4. The van der Waals surface area contributed by atoms with Gasteiger partial charge in [-0.25, -0.2) is 9.59 Å². The molecule has 380 valence electrons. The maximum absolute atomic E-state index is 12.8. The highest BCUT2D eigenvalue weighted by atomic mass is 35.5. The van der Waals surface area contributed by atoms with Gasteiger partial charge < -0.3 is 33.4 Å². The highest BCUT2D eigenvalue weighted by Gasteiger charge is 2.30. The predicted molar refractivity (Wildman–Crippen MR) is 290 cm³/mol. The number of anilines is 2. The molecule has 0 spiro atoms. The molecule has 0 atom stereocenters. The van der Waals surface area contributed by atoms with Gasteiger partial charge in [0.25, 0.3) is 0 Å². The summed E-state index contributed by atoms with van der Waals surface area (Å²) in [5, 5.41) is 25.4. The van der Waals surface area contributed by atoms with Crippen LogP contribution >= 0.6 is 11.6 Å². The Morgan fingerprint density at radius 2 is 1.07 bits per heavy atom. The average molecular weight is 996 g/mol. The molecule has 6 aromatic rings. The minimum absolute atomic E-state index is 0. The molecule has 2 heterocycles. The molecule has 4 saturated carbocycles. The van der Waals surface area contributed by atoms with Gasteiger partial charge in [-0.3, -0.25) is 4.90 Å². The maximum Gasteiger partial charge on any atom is 0.414 e. The SMILES string of the molecule is C.CCNc1ccc(-c2c(C#N)c3ccc(OCC)cc3n2C2CCC2)cc1.CCOc1ccc2c(C#N)c(-c3ccc(N(CC)C(=O)OC4CCCC4)cc3)n(C3CCC3)c2c1.O=C(Cl)OC1CCCC1. The van der Waals surface area contributed by atoms with Gasteiger partial charge in [0, 0.05) is 71.1 Å². The van der Waals surface area contributed by atoms with Crippen molar-refractivity contribution in [1.82, 2.24) is 9.13 Å². The molecule has 13 heteroatoms. The molecular formula is C59H71ClN6O6. The zero-order chi connectivity index (χ0) is 49.9. The fourth-order valence-corrected chi connectivity index (χ4v) is 10.6. The fraction of sp³-hybridized carbons (Fsp3) is 0.458. The van der Waals surface area contributed by atoms with Gasteiger partial charge in [0.2, 0.25) is 0 Å². The summed E-state index contributed by atoms with van der Waals surface area (Å²) in [7, 11) is 0. The van der Waals surface area contributed by atoms with E-state index in [9.17, 15) is 20.1 Å². The van der Waals surface area contributed by atoms with Gasteiger partial charge in [-0.05, 0) is 177 Å². The number of benzene rings is 4. The summed E-state index contributed by atoms with van der Waals surface area (Å²) in [6.07, 6.45) is 15.3. The van der Waals surface area contributed by atoms with Crippen LogP contribution in [0.15, 0.2) is 84.9 Å². The minimum Gasteiger partial charge on any atom is -0.494 e. The normalized spacial score (nSPS) is 15.6. The molecule has 72 heavy (non-hydrogen) atoms. The van der Waals surface area contributed by atoms with Crippen LogP contribution in [0.3, 0.4) is 0 Å². The van der Waals surface area contributed by atoms with E-state index >= 15 is 0 Å². The van der Waals surface area contributed by atoms with Crippen LogP contribution in [0.5, 0.6) is 11.5 Å². The number of fused-ring (bicyclic) bond motifs is 2. The number of hydrogen-bond acceptors (Lipinski definition) is 9. The lowest BCUT2D eigenvalue weighted by atomic mass is 9.92. The summed E-state index contributed by atoms with van der Waals surface area (Å²) in [5.74, 6) is 1.69. The predicted octanol–water partition coefficient (Wildman–Crippen LogP) is 15.9. The van der Waals surface area contributed by atoms with E-state index in [1.54, 1.807) is 4.90 Å². The van der Waals surface area contributed by atoms with Crippen molar-refractivity contribution >= 4 is 56.3 Å². The Kier molecular flexibility index (Phi) is 18.6. The second-order valence-electron chi connectivity index (χ2n) is 18.8. The number of nitriles is 2. The molecule has 0 unspecified atom stereocenters. The number of aromatic nitrogens is 2. The van der Waals surface area contributed by atoms with Gasteiger partial charge >= 0.3 is 11.5 Å². The van der Waals surface area contributed by atoms with Crippen LogP contribution in [-0.4, -0.2) is 59.2 Å². The molecule has 0 bridgehead atoms. The van der Waals surface area contributed by atoms with Crippen molar-refractivity contribution in [3.63, 3.8) is 0 Å². The van der Waals surface area contributed by atoms with Crippen molar-refractivity contribution in [2.24, 2.45) is 0 Å². The molecule has 0 radical (unpaired) electrons. The Morgan fingerprint density at radius 3 is 1.44 bits per heavy atom. The third kappa shape index (κ3) is 11.8. The van der Waals surface area contributed by atoms with E-state index in [1.807, 2.05) is 69.3 Å². The van der Waals surface area contributed by atoms with Crippen molar-refractivity contribution in [2.45, 2.75) is 149 Å². The number of nitrogens with zero attached hydrogens (tertiary/aromatic N) is 5. The molecular weight excluding hydrogens is 924 g/mol. The van der Waals surface area contributed by atoms with E-state index in [0.717, 1.165) is 156 Å². The molecule has 0 saturated heterocycles. The van der Waals surface area contributed by atoms with Crippen LogP contribution in [0.25, 0.3) is 44.3 Å². The van der Waals surface area contributed by atoms with Crippen molar-refractivity contribution < 1.29 is 28.5 Å². The van der Waals surface area contributed by atoms with Crippen molar-refractivity contribution in [3.05, 3.63) is 96.1 Å². The lowest BCUT2D eigenvalue weighted by Gasteiger charge is -2.30. The third-order valence-electron chi connectivity index (χ3n) is 14.3. The van der Waals surface area contributed by atoms with Crippen LogP contribution in [-0.2, 0) is 9.47 Å². The molecule has 12 nitrogen and oxygen atoms in total. The van der Waals surface area contributed by atoms with Gasteiger partial charge in [0.15, 0.2) is 0 Å². The van der Waals surface area contributed by atoms with E-state index in [2.05, 4.69) is 69.9 Å². The summed E-state index contributed by atoms with van der Waals surface area (Å²) in [5.41, 5.74) is 8.90. The molecule has 0 aliphatic heterocycles. The molecule has 4 aromatic carbocycles. The number of rotatable bonds is 14. The number of carbonyl (C=O) groups excluding carboxylic acids is 2. The quantitative estimate of drug-likeness (QED) is 0.105. The number of amides is 1. The zero-order valence-electron chi connectivity index (χ0n) is 41.7. The Balaban J connectivity index is 0.000000182. The highest BCUT2D eigenvalue weighted by Crippen LogP contribution is 2.45. The lowest BCUT2D eigenvalue weighted by molar-refractivity contribution is 0.108. The zero-order valence-corrected chi connectivity index (χ0v) is 42.4. The Morgan fingerprint density at radius 1 is 0.625 bits per heavy atom. The number of hydrogen-bond donors (Lipinski definition) is 1. The lowest BCUT2D eigenvalue weighted by Crippen LogP contribution is -2.33. The van der Waals surface area contributed by atoms with Crippen molar-refractivity contribution in [2.75, 3.05) is 36.5 Å². The third-order valence-corrected chi connectivity index (χ3v) is 14.4. The van der Waals surface area contributed by atoms with Crippen LogP contribution in [0.2, 0.25) is 0 Å². The van der Waals surface area contributed by atoms with E-state index in [1.165, 1.54) is 12.8 Å². The van der Waals surface area contributed by atoms with Crippen LogP contribution in [0, 0.1) is 22.7 Å². The Bertz CT molecular complexity index is 2860. The second-order valence-corrected chi connectivity index (χ2v) is 19.1. The van der Waals surface area contributed by atoms with Gasteiger partial charge in [-0.15, -0.1) is 0 Å². The van der Waals surface area contributed by atoms with Crippen molar-refractivity contribution in [1.29, 1.82) is 10.5 Å². The summed E-state index contributed by atoms with van der Waals surface area (Å²) >= 11 is 5.00. The molecule has 1 N–H and O–H groups in total. The smallest absolute Gasteiger partial charge is 0.414 e. The fourth-order valence-electron chi connectivity index (χ4n) is 10.5. The number of ether oxygens (including phenoxy) is 4. The first-order valence-corrected chi connectivity index (χ1v) is 26.3. The van der Waals surface area contributed by atoms with E-state index in [-0.39, 0.29) is 25.7 Å². The average Bonchev–Trinajstić information content (AvgIpc) is 4.17. The number of halogens is 1. The highest BCUT2D eigenvalue weighted by molar-refractivity contribution is 6.61. The summed E-state index contributed by atoms with van der Waals surface area (Å²) in [6, 6.07) is 34.3. The van der Waals surface area contributed by atoms with Gasteiger partial charge in [-0.2, -0.15) is 10.5 Å². The molecule has 1 amide bonds. The first-order valence-electron chi connectivity index (χ1n) is 25.9. The van der Waals surface area contributed by atoms with Gasteiger partial charge in [0.1, 0.15) is 35.8 Å². The number of nitrogens with one attached hydrogen (secondary N) is 1. The molecule has 2 aromatic heterocycles. The van der Waals surface area contributed by atoms with Crippen LogP contribution in [0.4, 0.5) is 21.0 Å². The molecule has 4 aliphatic carbocycles. The van der Waals surface area contributed by atoms with E-state index in [0.29, 0.717) is 37.4 Å². The van der Waals surface area contributed by atoms with Gasteiger partial charge in [0.05, 0.1) is 46.8 Å². The minimum atomic E-state index is -0.665. The number of carbonyl (C=O) groups is 2. The summed E-state index contributed by atoms with van der Waals surface area (Å²) in [4.78, 5) is 24.6. The second kappa shape index (κ2) is 25.2. The van der Waals surface area contributed by atoms with E-state index in [4.69, 9.17) is 30.5 Å². The maximum atomic E-state index is 12.8. The molecule has 4 aliphatic rings. The van der Waals surface area contributed by atoms with E-state index < -0.39 is 5.43 Å². The topological polar surface area (TPSA) is 144 Å². The Hall–Kier alpha value is -6.63. The molecule has 10 rings (SSSR count). The van der Waals surface area contributed by atoms with Crippen molar-refractivity contribution in [3.8, 4) is 46.2 Å². The first-order chi connectivity index (χ1) is 34.7. The molecule has 4 fully saturated rings. The van der Waals surface area contributed by atoms with Gasteiger partial charge in [-0.1, -0.05) is 31.7 Å². The Labute approximate surface area is 430 Å². The summed E-state index contributed by atoms with van der Waals surface area (Å²) < 4.78 is 26.7. The van der Waals surface area contributed by atoms with Crippen LogP contribution < -0.4 is 19.7 Å².